The number of rotatable bonds is 3. The monoisotopic (exact) mass is 265 g/mol. The van der Waals surface area contributed by atoms with E-state index >= 15 is 0 Å². The molecular formula is C14H16ClNO2. The van der Waals surface area contributed by atoms with Crippen molar-refractivity contribution in [3.63, 3.8) is 0 Å². The smallest absolute Gasteiger partial charge is 0.223 e. The van der Waals surface area contributed by atoms with Crippen molar-refractivity contribution in [2.75, 3.05) is 0 Å². The van der Waals surface area contributed by atoms with Crippen LogP contribution in [0.4, 0.5) is 0 Å². The zero-order chi connectivity index (χ0) is 13.0. The first-order chi connectivity index (χ1) is 8.65. The molecule has 18 heavy (non-hydrogen) atoms. The number of amides is 1. The Morgan fingerprint density at radius 2 is 1.83 bits per heavy atom. The first-order valence-corrected chi connectivity index (χ1v) is 6.57. The Hall–Kier alpha value is -1.35. The largest absolute Gasteiger partial charge is 0.352 e. The molecule has 0 bridgehead atoms. The molecule has 1 aromatic carbocycles. The lowest BCUT2D eigenvalue weighted by molar-refractivity contribution is -0.128. The van der Waals surface area contributed by atoms with Gasteiger partial charge in [-0.2, -0.15) is 0 Å². The molecule has 0 aliphatic heterocycles. The second-order valence-electron chi connectivity index (χ2n) is 4.66. The van der Waals surface area contributed by atoms with Crippen molar-refractivity contribution in [2.24, 2.45) is 5.92 Å². The van der Waals surface area contributed by atoms with Crippen molar-refractivity contribution in [1.29, 1.82) is 0 Å². The molecule has 96 valence electrons. The number of benzene rings is 1. The van der Waals surface area contributed by atoms with E-state index in [9.17, 15) is 9.59 Å². The normalized spacial score (nSPS) is 16.6. The number of carbonyl (C=O) groups excluding carboxylic acids is 2. The van der Waals surface area contributed by atoms with Crippen LogP contribution in [0.5, 0.6) is 0 Å². The third kappa shape index (κ3) is 3.57. The zero-order valence-electron chi connectivity index (χ0n) is 10.1. The van der Waals surface area contributed by atoms with Gasteiger partial charge in [0, 0.05) is 30.3 Å². The highest BCUT2D eigenvalue weighted by Gasteiger charge is 2.24. The quantitative estimate of drug-likeness (QED) is 0.913. The van der Waals surface area contributed by atoms with Crippen LogP contribution in [-0.2, 0) is 16.1 Å². The topological polar surface area (TPSA) is 46.2 Å². The average Bonchev–Trinajstić information content (AvgIpc) is 2.38. The van der Waals surface area contributed by atoms with E-state index in [1.54, 1.807) is 0 Å². The third-order valence-electron chi connectivity index (χ3n) is 3.29. The number of hydrogen-bond donors (Lipinski definition) is 1. The van der Waals surface area contributed by atoms with E-state index in [1.807, 2.05) is 24.3 Å². The van der Waals surface area contributed by atoms with Crippen molar-refractivity contribution in [3.8, 4) is 0 Å². The molecule has 0 aromatic heterocycles. The van der Waals surface area contributed by atoms with Gasteiger partial charge in [-0.05, 0) is 30.5 Å². The maximum absolute atomic E-state index is 11.9. The van der Waals surface area contributed by atoms with Gasteiger partial charge in [-0.25, -0.2) is 0 Å². The predicted octanol–water partition coefficient (Wildman–Crippen LogP) is 2.72. The SMILES string of the molecule is O=C1CCC(C(=O)NCc2ccc(Cl)cc2)CC1. The minimum Gasteiger partial charge on any atom is -0.352 e. The van der Waals surface area contributed by atoms with Crippen molar-refractivity contribution in [2.45, 2.75) is 32.2 Å². The van der Waals surface area contributed by atoms with Crippen molar-refractivity contribution < 1.29 is 9.59 Å². The molecule has 1 aliphatic carbocycles. The van der Waals surface area contributed by atoms with E-state index in [4.69, 9.17) is 11.6 Å². The number of nitrogens with one attached hydrogen (secondary N) is 1. The van der Waals surface area contributed by atoms with Gasteiger partial charge in [0.05, 0.1) is 0 Å². The Balaban J connectivity index is 1.81. The van der Waals surface area contributed by atoms with Crippen LogP contribution < -0.4 is 5.32 Å². The maximum Gasteiger partial charge on any atom is 0.223 e. The van der Waals surface area contributed by atoms with Crippen LogP contribution in [0.3, 0.4) is 0 Å². The second-order valence-corrected chi connectivity index (χ2v) is 5.09. The van der Waals surface area contributed by atoms with Gasteiger partial charge in [0.1, 0.15) is 5.78 Å². The fourth-order valence-electron chi connectivity index (χ4n) is 2.14. The average molecular weight is 266 g/mol. The van der Waals surface area contributed by atoms with E-state index in [2.05, 4.69) is 5.32 Å². The number of halogens is 1. The Morgan fingerprint density at radius 1 is 1.22 bits per heavy atom. The Morgan fingerprint density at radius 3 is 2.44 bits per heavy atom. The molecule has 0 atom stereocenters. The van der Waals surface area contributed by atoms with E-state index in [-0.39, 0.29) is 17.6 Å². The van der Waals surface area contributed by atoms with Gasteiger partial charge in [-0.15, -0.1) is 0 Å². The van der Waals surface area contributed by atoms with Gasteiger partial charge in [0.2, 0.25) is 5.91 Å². The lowest BCUT2D eigenvalue weighted by Gasteiger charge is -2.20. The summed E-state index contributed by atoms with van der Waals surface area (Å²) in [5, 5.41) is 3.60. The van der Waals surface area contributed by atoms with Crippen LogP contribution >= 0.6 is 11.6 Å². The number of Topliss-reactive ketones (excluding diaryl/α,β-unsaturated/α-hetero) is 1. The molecule has 4 heteroatoms. The van der Waals surface area contributed by atoms with E-state index in [0.29, 0.717) is 37.3 Å². The highest BCUT2D eigenvalue weighted by molar-refractivity contribution is 6.30. The Kier molecular flexibility index (Phi) is 4.37. The van der Waals surface area contributed by atoms with Crippen LogP contribution in [-0.4, -0.2) is 11.7 Å². The minimum atomic E-state index is -0.00463. The third-order valence-corrected chi connectivity index (χ3v) is 3.55. The highest BCUT2D eigenvalue weighted by atomic mass is 35.5. The first-order valence-electron chi connectivity index (χ1n) is 6.19. The summed E-state index contributed by atoms with van der Waals surface area (Å²) in [5.41, 5.74) is 1.03. The summed E-state index contributed by atoms with van der Waals surface area (Å²) in [7, 11) is 0. The molecule has 3 nitrogen and oxygen atoms in total. The van der Waals surface area contributed by atoms with Gasteiger partial charge >= 0.3 is 0 Å². The van der Waals surface area contributed by atoms with Gasteiger partial charge in [0.25, 0.3) is 0 Å². The lowest BCUT2D eigenvalue weighted by Crippen LogP contribution is -2.32. The van der Waals surface area contributed by atoms with Crippen LogP contribution in [0.1, 0.15) is 31.2 Å². The molecule has 1 aromatic rings. The van der Waals surface area contributed by atoms with Crippen LogP contribution in [0.2, 0.25) is 5.02 Å². The fraction of sp³-hybridized carbons (Fsp3) is 0.429. The molecule has 0 saturated heterocycles. The number of carbonyl (C=O) groups is 2. The summed E-state index contributed by atoms with van der Waals surface area (Å²) in [5.74, 6) is 0.323. The van der Waals surface area contributed by atoms with Crippen molar-refractivity contribution >= 4 is 23.3 Å². The lowest BCUT2D eigenvalue weighted by atomic mass is 9.88. The summed E-state index contributed by atoms with van der Waals surface area (Å²) in [4.78, 5) is 23.0. The van der Waals surface area contributed by atoms with E-state index < -0.39 is 0 Å². The molecule has 0 spiro atoms. The highest BCUT2D eigenvalue weighted by Crippen LogP contribution is 2.21. The molecule has 0 radical (unpaired) electrons. The van der Waals surface area contributed by atoms with Gasteiger partial charge in [-0.1, -0.05) is 23.7 Å². The summed E-state index contributed by atoms with van der Waals surface area (Å²) in [6, 6.07) is 7.41. The summed E-state index contributed by atoms with van der Waals surface area (Å²) in [6.45, 7) is 0.514. The maximum atomic E-state index is 11.9. The second kappa shape index (κ2) is 6.01. The van der Waals surface area contributed by atoms with Crippen LogP contribution in [0, 0.1) is 5.92 Å². The molecule has 2 rings (SSSR count). The van der Waals surface area contributed by atoms with Crippen LogP contribution in [0.25, 0.3) is 0 Å². The molecule has 0 heterocycles. The van der Waals surface area contributed by atoms with Crippen molar-refractivity contribution in [3.05, 3.63) is 34.9 Å². The summed E-state index contributed by atoms with van der Waals surface area (Å²) < 4.78 is 0. The Bertz CT molecular complexity index is 432. The standard InChI is InChI=1S/C14H16ClNO2/c15-12-5-1-10(2-6-12)9-16-14(18)11-3-7-13(17)8-4-11/h1-2,5-6,11H,3-4,7-9H2,(H,16,18). The van der Waals surface area contributed by atoms with E-state index in [0.717, 1.165) is 5.56 Å². The summed E-state index contributed by atoms with van der Waals surface area (Å²) in [6.07, 6.45) is 2.45. The van der Waals surface area contributed by atoms with Crippen molar-refractivity contribution in [1.82, 2.24) is 5.32 Å². The molecule has 0 unspecified atom stereocenters. The molecule has 1 saturated carbocycles. The van der Waals surface area contributed by atoms with Gasteiger partial charge in [-0.3, -0.25) is 9.59 Å². The predicted molar refractivity (Wildman–Crippen MR) is 70.3 cm³/mol. The first kappa shape index (κ1) is 13.1. The van der Waals surface area contributed by atoms with E-state index in [1.165, 1.54) is 0 Å². The number of hydrogen-bond acceptors (Lipinski definition) is 2. The molecule has 1 fully saturated rings. The molecule has 1 amide bonds. The zero-order valence-corrected chi connectivity index (χ0v) is 10.9. The molecule has 1 N–H and O–H groups in total. The molecular weight excluding hydrogens is 250 g/mol. The van der Waals surface area contributed by atoms with Crippen LogP contribution in [0.15, 0.2) is 24.3 Å². The minimum absolute atomic E-state index is 0.00463. The fourth-order valence-corrected chi connectivity index (χ4v) is 2.26. The summed E-state index contributed by atoms with van der Waals surface area (Å²) >= 11 is 5.79. The Labute approximate surface area is 112 Å². The number of ketones is 1. The van der Waals surface area contributed by atoms with Gasteiger partial charge < -0.3 is 5.32 Å². The van der Waals surface area contributed by atoms with Gasteiger partial charge in [0.15, 0.2) is 0 Å². The molecule has 1 aliphatic rings.